The molecule has 1 fully saturated rings. The highest BCUT2D eigenvalue weighted by Crippen LogP contribution is 2.29. The van der Waals surface area contributed by atoms with Crippen LogP contribution in [0.25, 0.3) is 0 Å². The summed E-state index contributed by atoms with van der Waals surface area (Å²) in [7, 11) is 0. The Bertz CT molecular complexity index is 1020. The molecule has 0 saturated carbocycles. The van der Waals surface area contributed by atoms with Crippen molar-refractivity contribution in [1.82, 2.24) is 0 Å². The van der Waals surface area contributed by atoms with E-state index in [9.17, 15) is 9.59 Å². The highest BCUT2D eigenvalue weighted by molar-refractivity contribution is 6.62. The Morgan fingerprint density at radius 3 is 1.74 bits per heavy atom. The zero-order valence-electron chi connectivity index (χ0n) is 14.1. The number of halogens is 1. The minimum atomic E-state index is -0.481. The molecule has 0 aliphatic carbocycles. The highest BCUT2D eigenvalue weighted by atomic mass is 35.5. The van der Waals surface area contributed by atoms with Crippen LogP contribution < -0.4 is 9.80 Å². The van der Waals surface area contributed by atoms with Crippen LogP contribution >= 0.6 is 11.6 Å². The number of urea groups is 1. The van der Waals surface area contributed by atoms with Crippen molar-refractivity contribution in [2.45, 2.75) is 0 Å². The number of hydrogen-bond donors (Lipinski definition) is 0. The molecule has 0 radical (unpaired) electrons. The summed E-state index contributed by atoms with van der Waals surface area (Å²) in [6, 6.07) is 24.1. The van der Waals surface area contributed by atoms with Crippen LogP contribution in [0.3, 0.4) is 0 Å². The number of benzene rings is 3. The fourth-order valence-corrected chi connectivity index (χ4v) is 2.95. The summed E-state index contributed by atoms with van der Waals surface area (Å²) in [6.45, 7) is 0. The van der Waals surface area contributed by atoms with Crippen molar-refractivity contribution >= 4 is 46.4 Å². The largest absolute Gasteiger partial charge is 0.342 e. The second-order valence-corrected chi connectivity index (χ2v) is 6.28. The third-order valence-corrected chi connectivity index (χ3v) is 4.33. The van der Waals surface area contributed by atoms with Crippen LogP contribution in [0.5, 0.6) is 0 Å². The van der Waals surface area contributed by atoms with Gasteiger partial charge in [-0.2, -0.15) is 0 Å². The molecule has 0 spiro atoms. The van der Waals surface area contributed by atoms with Gasteiger partial charge in [-0.25, -0.2) is 19.6 Å². The van der Waals surface area contributed by atoms with Crippen molar-refractivity contribution in [2.75, 3.05) is 9.80 Å². The number of carbonyl (C=O) groups is 2. The number of imide groups is 1. The predicted molar refractivity (Wildman–Crippen MR) is 107 cm³/mol. The van der Waals surface area contributed by atoms with Crippen LogP contribution in [0.2, 0.25) is 5.02 Å². The van der Waals surface area contributed by atoms with Gasteiger partial charge in [0.2, 0.25) is 5.84 Å². The van der Waals surface area contributed by atoms with Crippen molar-refractivity contribution in [3.05, 3.63) is 90.0 Å². The zero-order chi connectivity index (χ0) is 18.8. The molecule has 3 aromatic rings. The molecule has 0 aromatic heterocycles. The number of nitrogens with zero attached hydrogens (tertiary/aromatic N) is 3. The Morgan fingerprint density at radius 2 is 1.19 bits per heavy atom. The third-order valence-electron chi connectivity index (χ3n) is 4.08. The molecule has 0 unspecified atom stereocenters. The van der Waals surface area contributed by atoms with E-state index in [0.29, 0.717) is 22.1 Å². The predicted octanol–water partition coefficient (Wildman–Crippen LogP) is 5.04. The second-order valence-electron chi connectivity index (χ2n) is 5.84. The SMILES string of the molecule is O=C1C(=Nc2ccc(Cl)cc2)N(c2ccccc2)C(=O)N1c1ccccc1. The second kappa shape index (κ2) is 7.05. The van der Waals surface area contributed by atoms with Crippen LogP contribution in [0.4, 0.5) is 21.9 Å². The fraction of sp³-hybridized carbons (Fsp3) is 0. The summed E-state index contributed by atoms with van der Waals surface area (Å²) < 4.78 is 0. The first-order valence-corrected chi connectivity index (χ1v) is 8.66. The van der Waals surface area contributed by atoms with Crippen LogP contribution in [0, 0.1) is 0 Å². The highest BCUT2D eigenvalue weighted by Gasteiger charge is 2.44. The van der Waals surface area contributed by atoms with E-state index in [1.54, 1.807) is 72.8 Å². The van der Waals surface area contributed by atoms with Crippen molar-refractivity contribution in [1.29, 1.82) is 0 Å². The number of para-hydroxylation sites is 2. The molecule has 132 valence electrons. The summed E-state index contributed by atoms with van der Waals surface area (Å²) in [5, 5.41) is 0.568. The lowest BCUT2D eigenvalue weighted by Gasteiger charge is -2.16. The fourth-order valence-electron chi connectivity index (χ4n) is 2.82. The number of hydrogen-bond acceptors (Lipinski definition) is 3. The van der Waals surface area contributed by atoms with E-state index in [0.717, 1.165) is 4.90 Å². The molecule has 1 saturated heterocycles. The number of rotatable bonds is 3. The van der Waals surface area contributed by atoms with Crippen LogP contribution in [-0.4, -0.2) is 17.8 Å². The van der Waals surface area contributed by atoms with Crippen LogP contribution in [0.15, 0.2) is 89.9 Å². The molecular formula is C21H14ClN3O2. The van der Waals surface area contributed by atoms with Gasteiger partial charge in [-0.05, 0) is 48.5 Å². The molecule has 1 aliphatic heterocycles. The minimum absolute atomic E-state index is 0.0392. The molecule has 3 amide bonds. The molecule has 0 atom stereocenters. The maximum absolute atomic E-state index is 13.1. The molecule has 0 bridgehead atoms. The molecule has 5 nitrogen and oxygen atoms in total. The van der Waals surface area contributed by atoms with E-state index in [4.69, 9.17) is 11.6 Å². The molecule has 0 N–H and O–H groups in total. The number of carbonyl (C=O) groups excluding carboxylic acids is 2. The Morgan fingerprint density at radius 1 is 0.667 bits per heavy atom. The van der Waals surface area contributed by atoms with E-state index in [-0.39, 0.29) is 5.84 Å². The van der Waals surface area contributed by atoms with Crippen LogP contribution in [-0.2, 0) is 4.79 Å². The summed E-state index contributed by atoms with van der Waals surface area (Å²) in [5.74, 6) is -0.442. The van der Waals surface area contributed by atoms with E-state index >= 15 is 0 Å². The number of anilines is 2. The van der Waals surface area contributed by atoms with Crippen molar-refractivity contribution in [2.24, 2.45) is 4.99 Å². The van der Waals surface area contributed by atoms with Gasteiger partial charge in [0, 0.05) is 5.02 Å². The lowest BCUT2D eigenvalue weighted by Crippen LogP contribution is -2.33. The summed E-state index contributed by atoms with van der Waals surface area (Å²) >= 11 is 5.92. The molecule has 4 rings (SSSR count). The van der Waals surface area contributed by atoms with Gasteiger partial charge in [0.1, 0.15) is 0 Å². The molecular weight excluding hydrogens is 362 g/mol. The lowest BCUT2D eigenvalue weighted by molar-refractivity contribution is -0.111. The Kier molecular flexibility index (Phi) is 4.44. The third kappa shape index (κ3) is 3.20. The van der Waals surface area contributed by atoms with E-state index in [1.807, 2.05) is 12.1 Å². The van der Waals surface area contributed by atoms with E-state index in [2.05, 4.69) is 4.99 Å². The summed E-state index contributed by atoms with van der Waals surface area (Å²) in [4.78, 5) is 33.1. The minimum Gasteiger partial charge on any atom is -0.265 e. The Balaban J connectivity index is 1.84. The van der Waals surface area contributed by atoms with Crippen molar-refractivity contribution in [3.8, 4) is 0 Å². The van der Waals surface area contributed by atoms with Crippen molar-refractivity contribution in [3.63, 3.8) is 0 Å². The maximum Gasteiger partial charge on any atom is 0.342 e. The van der Waals surface area contributed by atoms with Crippen LogP contribution in [0.1, 0.15) is 0 Å². The average Bonchev–Trinajstić information content (AvgIpc) is 2.95. The summed E-state index contributed by atoms with van der Waals surface area (Å²) in [5.41, 5.74) is 1.60. The van der Waals surface area contributed by atoms with Gasteiger partial charge in [-0.1, -0.05) is 48.0 Å². The van der Waals surface area contributed by atoms with E-state index < -0.39 is 11.9 Å². The Labute approximate surface area is 161 Å². The quantitative estimate of drug-likeness (QED) is 0.602. The zero-order valence-corrected chi connectivity index (χ0v) is 14.9. The number of amidine groups is 1. The first-order chi connectivity index (χ1) is 13.1. The van der Waals surface area contributed by atoms with Gasteiger partial charge in [-0.15, -0.1) is 0 Å². The molecule has 1 aliphatic rings. The van der Waals surface area contributed by atoms with Gasteiger partial charge in [-0.3, -0.25) is 4.79 Å². The smallest absolute Gasteiger partial charge is 0.265 e. The average molecular weight is 376 g/mol. The van der Waals surface area contributed by atoms with Gasteiger partial charge in [0.25, 0.3) is 0 Å². The first kappa shape index (κ1) is 17.0. The van der Waals surface area contributed by atoms with Gasteiger partial charge >= 0.3 is 11.9 Å². The van der Waals surface area contributed by atoms with E-state index in [1.165, 1.54) is 4.90 Å². The topological polar surface area (TPSA) is 53.0 Å². The molecule has 27 heavy (non-hydrogen) atoms. The first-order valence-electron chi connectivity index (χ1n) is 8.28. The number of amides is 3. The maximum atomic E-state index is 13.1. The van der Waals surface area contributed by atoms with Gasteiger partial charge in [0.15, 0.2) is 0 Å². The molecule has 6 heteroatoms. The molecule has 3 aromatic carbocycles. The molecule has 1 heterocycles. The van der Waals surface area contributed by atoms with Gasteiger partial charge in [0.05, 0.1) is 17.1 Å². The lowest BCUT2D eigenvalue weighted by atomic mass is 10.3. The van der Waals surface area contributed by atoms with Gasteiger partial charge < -0.3 is 0 Å². The standard InChI is InChI=1S/C21H14ClN3O2/c22-15-11-13-16(14-12-15)23-19-20(26)25(18-9-5-2-6-10-18)21(27)24(19)17-7-3-1-4-8-17/h1-14H. The van der Waals surface area contributed by atoms with Crippen molar-refractivity contribution < 1.29 is 9.59 Å². The Hall–Kier alpha value is -3.44. The number of aliphatic imine (C=N–C) groups is 1. The monoisotopic (exact) mass is 375 g/mol. The normalized spacial score (nSPS) is 15.7. The summed E-state index contributed by atoms with van der Waals surface area (Å²) in [6.07, 6.45) is 0.